The molecule has 0 aliphatic rings. The van der Waals surface area contributed by atoms with Crippen LogP contribution in [0, 0.1) is 0 Å². The van der Waals surface area contributed by atoms with Crippen molar-refractivity contribution < 1.29 is 4.74 Å². The molecule has 0 heterocycles. The van der Waals surface area contributed by atoms with Gasteiger partial charge in [0.1, 0.15) is 5.75 Å². The molecule has 0 bridgehead atoms. The second-order valence-electron chi connectivity index (χ2n) is 3.92. The average Bonchev–Trinajstić information content (AvgIpc) is 2.31. The maximum atomic E-state index is 6.25. The Bertz CT molecular complexity index is 328. The summed E-state index contributed by atoms with van der Waals surface area (Å²) in [5.74, 6) is 1.31. The van der Waals surface area contributed by atoms with Crippen LogP contribution in [0.1, 0.15) is 37.7 Å². The standard InChI is InChI=1S/C13H20ClNO/c1-3-10(5-4-8-15)12-7-6-11(16-2)9-13(12)14/h6-7,9-10H,3-5,8,15H2,1-2H3. The van der Waals surface area contributed by atoms with Crippen LogP contribution in [0.5, 0.6) is 5.75 Å². The molecule has 0 saturated carbocycles. The number of halogens is 1. The highest BCUT2D eigenvalue weighted by Crippen LogP contribution is 2.32. The number of benzene rings is 1. The lowest BCUT2D eigenvalue weighted by atomic mass is 9.92. The first-order chi connectivity index (χ1) is 7.72. The smallest absolute Gasteiger partial charge is 0.120 e. The third kappa shape index (κ3) is 3.39. The van der Waals surface area contributed by atoms with Gasteiger partial charge in [-0.1, -0.05) is 24.6 Å². The number of hydrogen-bond donors (Lipinski definition) is 1. The van der Waals surface area contributed by atoms with Gasteiger partial charge in [-0.15, -0.1) is 0 Å². The molecule has 3 heteroatoms. The Morgan fingerprint density at radius 1 is 1.44 bits per heavy atom. The monoisotopic (exact) mass is 241 g/mol. The van der Waals surface area contributed by atoms with Crippen LogP contribution in [0.15, 0.2) is 18.2 Å². The first-order valence-corrected chi connectivity index (χ1v) is 6.14. The third-order valence-corrected chi connectivity index (χ3v) is 3.22. The fourth-order valence-electron chi connectivity index (χ4n) is 1.91. The molecule has 1 unspecified atom stereocenters. The summed E-state index contributed by atoms with van der Waals surface area (Å²) >= 11 is 6.25. The number of ether oxygens (including phenoxy) is 1. The van der Waals surface area contributed by atoms with Crippen molar-refractivity contribution in [3.63, 3.8) is 0 Å². The highest BCUT2D eigenvalue weighted by Gasteiger charge is 2.12. The van der Waals surface area contributed by atoms with E-state index in [1.54, 1.807) is 7.11 Å². The molecule has 2 N–H and O–H groups in total. The molecule has 0 aliphatic heterocycles. The normalized spacial score (nSPS) is 12.5. The van der Waals surface area contributed by atoms with Gasteiger partial charge >= 0.3 is 0 Å². The zero-order chi connectivity index (χ0) is 12.0. The molecule has 1 aromatic carbocycles. The van der Waals surface area contributed by atoms with Crippen LogP contribution in [0.2, 0.25) is 5.02 Å². The van der Waals surface area contributed by atoms with Crippen molar-refractivity contribution >= 4 is 11.6 Å². The summed E-state index contributed by atoms with van der Waals surface area (Å²) in [7, 11) is 1.65. The van der Waals surface area contributed by atoms with Gasteiger partial charge in [0.05, 0.1) is 7.11 Å². The molecule has 1 rings (SSSR count). The van der Waals surface area contributed by atoms with Crippen LogP contribution in [0.3, 0.4) is 0 Å². The van der Waals surface area contributed by atoms with Crippen molar-refractivity contribution in [1.82, 2.24) is 0 Å². The summed E-state index contributed by atoms with van der Waals surface area (Å²) in [6.45, 7) is 2.92. The second kappa shape index (κ2) is 6.77. The van der Waals surface area contributed by atoms with E-state index in [2.05, 4.69) is 13.0 Å². The van der Waals surface area contributed by atoms with Gasteiger partial charge in [-0.3, -0.25) is 0 Å². The predicted molar refractivity (Wildman–Crippen MR) is 69.3 cm³/mol. The van der Waals surface area contributed by atoms with Crippen molar-refractivity contribution in [3.05, 3.63) is 28.8 Å². The fraction of sp³-hybridized carbons (Fsp3) is 0.538. The molecule has 0 amide bonds. The lowest BCUT2D eigenvalue weighted by Crippen LogP contribution is -2.04. The molecular weight excluding hydrogens is 222 g/mol. The Balaban J connectivity index is 2.83. The lowest BCUT2D eigenvalue weighted by Gasteiger charge is -2.17. The summed E-state index contributed by atoms with van der Waals surface area (Å²) in [5, 5.41) is 0.795. The largest absolute Gasteiger partial charge is 0.497 e. The Morgan fingerprint density at radius 3 is 2.69 bits per heavy atom. The van der Waals surface area contributed by atoms with Crippen molar-refractivity contribution in [2.75, 3.05) is 13.7 Å². The van der Waals surface area contributed by atoms with Crippen molar-refractivity contribution in [3.8, 4) is 5.75 Å². The van der Waals surface area contributed by atoms with E-state index >= 15 is 0 Å². The van der Waals surface area contributed by atoms with Crippen LogP contribution < -0.4 is 10.5 Å². The Morgan fingerprint density at radius 2 is 2.19 bits per heavy atom. The van der Waals surface area contributed by atoms with E-state index in [1.165, 1.54) is 5.56 Å². The molecule has 16 heavy (non-hydrogen) atoms. The molecule has 0 aliphatic carbocycles. The van der Waals surface area contributed by atoms with Crippen molar-refractivity contribution in [1.29, 1.82) is 0 Å². The molecular formula is C13H20ClNO. The van der Waals surface area contributed by atoms with Gasteiger partial charge in [0.2, 0.25) is 0 Å². The number of nitrogens with two attached hydrogens (primary N) is 1. The molecule has 0 spiro atoms. The predicted octanol–water partition coefficient (Wildman–Crippen LogP) is 3.58. The molecule has 90 valence electrons. The van der Waals surface area contributed by atoms with Gasteiger partial charge in [-0.2, -0.15) is 0 Å². The summed E-state index contributed by atoms with van der Waals surface area (Å²) < 4.78 is 5.14. The number of hydrogen-bond acceptors (Lipinski definition) is 2. The second-order valence-corrected chi connectivity index (χ2v) is 4.33. The molecule has 0 saturated heterocycles. The lowest BCUT2D eigenvalue weighted by molar-refractivity contribution is 0.414. The van der Waals surface area contributed by atoms with Gasteiger partial charge in [0.15, 0.2) is 0 Å². The van der Waals surface area contributed by atoms with E-state index < -0.39 is 0 Å². The van der Waals surface area contributed by atoms with E-state index in [0.717, 1.165) is 36.6 Å². The Labute approximate surface area is 103 Å². The molecule has 1 atom stereocenters. The van der Waals surface area contributed by atoms with Crippen LogP contribution in [-0.2, 0) is 0 Å². The summed E-state index contributed by atoms with van der Waals surface area (Å²) in [6.07, 6.45) is 3.23. The van der Waals surface area contributed by atoms with Gasteiger partial charge in [0.25, 0.3) is 0 Å². The summed E-state index contributed by atoms with van der Waals surface area (Å²) in [4.78, 5) is 0. The first kappa shape index (κ1) is 13.3. The minimum absolute atomic E-state index is 0.502. The highest BCUT2D eigenvalue weighted by atomic mass is 35.5. The molecule has 2 nitrogen and oxygen atoms in total. The maximum absolute atomic E-state index is 6.25. The number of methoxy groups -OCH3 is 1. The van der Waals surface area contributed by atoms with E-state index in [9.17, 15) is 0 Å². The summed E-state index contributed by atoms with van der Waals surface area (Å²) in [5.41, 5.74) is 6.75. The van der Waals surface area contributed by atoms with Gasteiger partial charge in [-0.05, 0) is 49.4 Å². The minimum atomic E-state index is 0.502. The molecule has 0 aromatic heterocycles. The zero-order valence-electron chi connectivity index (χ0n) is 10.0. The minimum Gasteiger partial charge on any atom is -0.497 e. The Hall–Kier alpha value is -0.730. The van der Waals surface area contributed by atoms with Crippen LogP contribution in [0.25, 0.3) is 0 Å². The molecule has 0 radical (unpaired) electrons. The first-order valence-electron chi connectivity index (χ1n) is 5.76. The fourth-order valence-corrected chi connectivity index (χ4v) is 2.23. The van der Waals surface area contributed by atoms with Crippen LogP contribution >= 0.6 is 11.6 Å². The quantitative estimate of drug-likeness (QED) is 0.826. The topological polar surface area (TPSA) is 35.2 Å². The van der Waals surface area contributed by atoms with Gasteiger partial charge in [-0.25, -0.2) is 0 Å². The van der Waals surface area contributed by atoms with Crippen molar-refractivity contribution in [2.45, 2.75) is 32.1 Å². The van der Waals surface area contributed by atoms with E-state index in [0.29, 0.717) is 5.92 Å². The van der Waals surface area contributed by atoms with Gasteiger partial charge in [0, 0.05) is 5.02 Å². The van der Waals surface area contributed by atoms with Crippen LogP contribution in [-0.4, -0.2) is 13.7 Å². The Kier molecular flexibility index (Phi) is 5.64. The summed E-state index contributed by atoms with van der Waals surface area (Å²) in [6, 6.07) is 5.90. The van der Waals surface area contributed by atoms with Gasteiger partial charge < -0.3 is 10.5 Å². The SMILES string of the molecule is CCC(CCCN)c1ccc(OC)cc1Cl. The van der Waals surface area contributed by atoms with Crippen molar-refractivity contribution in [2.24, 2.45) is 5.73 Å². The zero-order valence-corrected chi connectivity index (χ0v) is 10.8. The number of rotatable bonds is 6. The molecule has 1 aromatic rings. The molecule has 0 fully saturated rings. The average molecular weight is 242 g/mol. The van der Waals surface area contributed by atoms with E-state index in [-0.39, 0.29) is 0 Å². The van der Waals surface area contributed by atoms with E-state index in [4.69, 9.17) is 22.1 Å². The highest BCUT2D eigenvalue weighted by molar-refractivity contribution is 6.31. The third-order valence-electron chi connectivity index (χ3n) is 2.90. The van der Waals surface area contributed by atoms with Crippen LogP contribution in [0.4, 0.5) is 0 Å². The van der Waals surface area contributed by atoms with E-state index in [1.807, 2.05) is 12.1 Å². The maximum Gasteiger partial charge on any atom is 0.120 e.